The van der Waals surface area contributed by atoms with Crippen molar-refractivity contribution in [2.24, 2.45) is 0 Å². The highest BCUT2D eigenvalue weighted by atomic mass is 35.5. The fourth-order valence-corrected chi connectivity index (χ4v) is 5.02. The van der Waals surface area contributed by atoms with E-state index in [1.807, 2.05) is 19.9 Å². The van der Waals surface area contributed by atoms with Crippen LogP contribution >= 0.6 is 11.6 Å². The summed E-state index contributed by atoms with van der Waals surface area (Å²) in [4.78, 5) is 0.151. The van der Waals surface area contributed by atoms with Gasteiger partial charge in [0.1, 0.15) is 17.2 Å². The first kappa shape index (κ1) is 18.2. The van der Waals surface area contributed by atoms with Gasteiger partial charge in [0.25, 0.3) is 0 Å². The molecule has 1 aliphatic rings. The highest BCUT2D eigenvalue weighted by Crippen LogP contribution is 2.38. The Kier molecular flexibility index (Phi) is 5.09. The molecule has 0 aliphatic carbocycles. The Morgan fingerprint density at radius 1 is 1.36 bits per heavy atom. The van der Waals surface area contributed by atoms with Gasteiger partial charge < -0.3 is 9.26 Å². The van der Waals surface area contributed by atoms with Crippen molar-refractivity contribution >= 4 is 21.6 Å². The zero-order chi connectivity index (χ0) is 18.2. The van der Waals surface area contributed by atoms with Gasteiger partial charge in [-0.15, -0.1) is 0 Å². The maximum absolute atomic E-state index is 13.1. The van der Waals surface area contributed by atoms with Crippen LogP contribution in [0.1, 0.15) is 50.1 Å². The molecule has 8 heteroatoms. The van der Waals surface area contributed by atoms with Crippen LogP contribution in [-0.4, -0.2) is 31.5 Å². The lowest BCUT2D eigenvalue weighted by Crippen LogP contribution is -2.30. The molecule has 2 aromatic rings. The Bertz CT molecular complexity index is 863. The fourth-order valence-electron chi connectivity index (χ4n) is 3.00. The molecule has 25 heavy (non-hydrogen) atoms. The lowest BCUT2D eigenvalue weighted by atomic mass is 10.1. The summed E-state index contributed by atoms with van der Waals surface area (Å²) in [5.74, 6) is 1.40. The zero-order valence-corrected chi connectivity index (χ0v) is 16.0. The molecule has 0 spiro atoms. The average Bonchev–Trinajstić information content (AvgIpc) is 3.23. The SMILES string of the molecule is COc1ccc(S(=O)(=O)N2CCCC2c2cc(C(C)C)on2)cc1Cl. The van der Waals surface area contributed by atoms with E-state index in [4.69, 9.17) is 20.9 Å². The molecule has 1 aliphatic heterocycles. The van der Waals surface area contributed by atoms with E-state index < -0.39 is 10.0 Å². The molecule has 0 saturated carbocycles. The Hall–Kier alpha value is -1.57. The van der Waals surface area contributed by atoms with E-state index in [0.29, 0.717) is 24.4 Å². The smallest absolute Gasteiger partial charge is 0.243 e. The number of hydrogen-bond acceptors (Lipinski definition) is 5. The normalized spacial score (nSPS) is 18.8. The van der Waals surface area contributed by atoms with Crippen LogP contribution in [-0.2, 0) is 10.0 Å². The van der Waals surface area contributed by atoms with Crippen molar-refractivity contribution in [1.82, 2.24) is 9.46 Å². The minimum Gasteiger partial charge on any atom is -0.495 e. The molecular formula is C17H21ClN2O4S. The average molecular weight is 385 g/mol. The molecule has 1 saturated heterocycles. The number of ether oxygens (including phenoxy) is 1. The lowest BCUT2D eigenvalue weighted by molar-refractivity contribution is 0.338. The van der Waals surface area contributed by atoms with Crippen LogP contribution in [0.3, 0.4) is 0 Å². The van der Waals surface area contributed by atoms with E-state index in [9.17, 15) is 8.42 Å². The van der Waals surface area contributed by atoms with Gasteiger partial charge in [-0.3, -0.25) is 0 Å². The van der Waals surface area contributed by atoms with Crippen LogP contribution in [0.4, 0.5) is 0 Å². The van der Waals surface area contributed by atoms with Gasteiger partial charge >= 0.3 is 0 Å². The van der Waals surface area contributed by atoms with Gasteiger partial charge in [-0.05, 0) is 31.0 Å². The van der Waals surface area contributed by atoms with E-state index in [0.717, 1.165) is 12.2 Å². The van der Waals surface area contributed by atoms with E-state index in [1.165, 1.54) is 23.5 Å². The second-order valence-electron chi connectivity index (χ2n) is 6.38. The van der Waals surface area contributed by atoms with Crippen molar-refractivity contribution < 1.29 is 17.7 Å². The first-order chi connectivity index (χ1) is 11.8. The maximum Gasteiger partial charge on any atom is 0.243 e. The minimum absolute atomic E-state index is 0.151. The molecular weight excluding hydrogens is 364 g/mol. The fraction of sp³-hybridized carbons (Fsp3) is 0.471. The molecule has 1 atom stereocenters. The molecule has 1 fully saturated rings. The van der Waals surface area contributed by atoms with Crippen LogP contribution in [0.5, 0.6) is 5.75 Å². The van der Waals surface area contributed by atoms with Gasteiger partial charge in [0.2, 0.25) is 10.0 Å². The Balaban J connectivity index is 1.93. The van der Waals surface area contributed by atoms with Crippen molar-refractivity contribution in [2.75, 3.05) is 13.7 Å². The zero-order valence-electron chi connectivity index (χ0n) is 14.4. The third-order valence-electron chi connectivity index (χ3n) is 4.39. The maximum atomic E-state index is 13.1. The summed E-state index contributed by atoms with van der Waals surface area (Å²) < 4.78 is 38.1. The second kappa shape index (κ2) is 6.97. The predicted molar refractivity (Wildman–Crippen MR) is 94.5 cm³/mol. The van der Waals surface area contributed by atoms with Gasteiger partial charge in [-0.25, -0.2) is 8.42 Å². The molecule has 2 heterocycles. The van der Waals surface area contributed by atoms with Crippen LogP contribution in [0, 0.1) is 0 Å². The summed E-state index contributed by atoms with van der Waals surface area (Å²) in [7, 11) is -2.19. The largest absolute Gasteiger partial charge is 0.495 e. The number of halogens is 1. The van der Waals surface area contributed by atoms with Gasteiger partial charge in [0, 0.05) is 18.5 Å². The highest BCUT2D eigenvalue weighted by molar-refractivity contribution is 7.89. The van der Waals surface area contributed by atoms with Crippen molar-refractivity contribution in [2.45, 2.75) is 43.5 Å². The molecule has 136 valence electrons. The monoisotopic (exact) mass is 384 g/mol. The third-order valence-corrected chi connectivity index (χ3v) is 6.59. The van der Waals surface area contributed by atoms with E-state index in [2.05, 4.69) is 5.16 Å². The number of benzene rings is 1. The summed E-state index contributed by atoms with van der Waals surface area (Å²) in [5, 5.41) is 4.36. The van der Waals surface area contributed by atoms with Gasteiger partial charge in [-0.1, -0.05) is 30.6 Å². The lowest BCUT2D eigenvalue weighted by Gasteiger charge is -2.22. The summed E-state index contributed by atoms with van der Waals surface area (Å²) in [6, 6.07) is 6.03. The number of sulfonamides is 1. The molecule has 6 nitrogen and oxygen atoms in total. The molecule has 0 bridgehead atoms. The van der Waals surface area contributed by atoms with Gasteiger partial charge in [-0.2, -0.15) is 4.31 Å². The summed E-state index contributed by atoms with van der Waals surface area (Å²) in [5.41, 5.74) is 0.657. The quantitative estimate of drug-likeness (QED) is 0.779. The Morgan fingerprint density at radius 3 is 2.72 bits per heavy atom. The number of hydrogen-bond donors (Lipinski definition) is 0. The van der Waals surface area contributed by atoms with E-state index in [-0.39, 0.29) is 21.9 Å². The van der Waals surface area contributed by atoms with E-state index >= 15 is 0 Å². The standard InChI is InChI=1S/C17H21ClN2O4S/c1-11(2)17-10-14(19-24-17)15-5-4-8-20(15)25(21,22)12-6-7-16(23-3)13(18)9-12/h6-7,9-11,15H,4-5,8H2,1-3H3. The third kappa shape index (κ3) is 3.41. The first-order valence-corrected chi connectivity index (χ1v) is 9.98. The van der Waals surface area contributed by atoms with Crippen LogP contribution in [0.25, 0.3) is 0 Å². The van der Waals surface area contributed by atoms with Gasteiger partial charge in [0.05, 0.1) is 23.1 Å². The molecule has 1 aromatic heterocycles. The molecule has 1 aromatic carbocycles. The summed E-state index contributed by atoms with van der Waals surface area (Å²) in [6.45, 7) is 4.46. The number of nitrogens with zero attached hydrogens (tertiary/aromatic N) is 2. The molecule has 3 rings (SSSR count). The Labute approximate surface area is 152 Å². The van der Waals surface area contributed by atoms with Crippen molar-refractivity contribution in [3.63, 3.8) is 0 Å². The molecule has 1 unspecified atom stereocenters. The topological polar surface area (TPSA) is 72.6 Å². The summed E-state index contributed by atoms with van der Waals surface area (Å²) in [6.07, 6.45) is 1.49. The second-order valence-corrected chi connectivity index (χ2v) is 8.68. The number of methoxy groups -OCH3 is 1. The summed E-state index contributed by atoms with van der Waals surface area (Å²) >= 11 is 6.10. The number of aromatic nitrogens is 1. The molecule has 0 radical (unpaired) electrons. The first-order valence-electron chi connectivity index (χ1n) is 8.16. The predicted octanol–water partition coefficient (Wildman–Crippen LogP) is 3.99. The van der Waals surface area contributed by atoms with Crippen molar-refractivity contribution in [1.29, 1.82) is 0 Å². The van der Waals surface area contributed by atoms with Gasteiger partial charge in [0.15, 0.2) is 0 Å². The van der Waals surface area contributed by atoms with Crippen molar-refractivity contribution in [3.8, 4) is 5.75 Å². The molecule has 0 amide bonds. The van der Waals surface area contributed by atoms with Crippen LogP contribution < -0.4 is 4.74 Å². The number of rotatable bonds is 5. The molecule has 0 N–H and O–H groups in total. The Morgan fingerprint density at radius 2 is 2.12 bits per heavy atom. The van der Waals surface area contributed by atoms with Crippen molar-refractivity contribution in [3.05, 3.63) is 40.7 Å². The minimum atomic E-state index is -3.68. The van der Waals surface area contributed by atoms with Crippen LogP contribution in [0.15, 0.2) is 33.7 Å². The van der Waals surface area contributed by atoms with E-state index in [1.54, 1.807) is 6.07 Å². The highest BCUT2D eigenvalue weighted by Gasteiger charge is 2.38. The van der Waals surface area contributed by atoms with Crippen LogP contribution in [0.2, 0.25) is 5.02 Å².